The molecule has 2 heterocycles. The summed E-state index contributed by atoms with van der Waals surface area (Å²) in [7, 11) is -4.56. The molecule has 0 spiro atoms. The van der Waals surface area contributed by atoms with Gasteiger partial charge in [-0.25, -0.2) is 17.8 Å². The van der Waals surface area contributed by atoms with Gasteiger partial charge in [-0.15, -0.1) is 0 Å². The summed E-state index contributed by atoms with van der Waals surface area (Å²) in [6.45, 7) is 7.55. The van der Waals surface area contributed by atoms with E-state index in [1.165, 1.54) is 59.3 Å². The third-order valence-electron chi connectivity index (χ3n) is 9.80. The highest BCUT2D eigenvalue weighted by atomic mass is 35.5. The van der Waals surface area contributed by atoms with Crippen molar-refractivity contribution in [2.24, 2.45) is 0 Å². The number of unbranched alkanes of at least 4 members (excludes halogenated alkanes) is 2. The molecule has 3 amide bonds. The second-order valence-corrected chi connectivity index (χ2v) is 15.5. The van der Waals surface area contributed by atoms with E-state index in [1.807, 2.05) is 38.1 Å². The van der Waals surface area contributed by atoms with Gasteiger partial charge in [0.05, 0.1) is 37.2 Å². The van der Waals surface area contributed by atoms with E-state index in [2.05, 4.69) is 9.82 Å². The van der Waals surface area contributed by atoms with Crippen molar-refractivity contribution in [1.82, 2.24) is 24.3 Å². The number of nitrogens with zero attached hydrogens (tertiary/aromatic N) is 5. The fourth-order valence-corrected chi connectivity index (χ4v) is 8.18. The number of benzene rings is 4. The summed E-state index contributed by atoms with van der Waals surface area (Å²) < 4.78 is 30.8. The van der Waals surface area contributed by atoms with E-state index < -0.39 is 26.8 Å². The van der Waals surface area contributed by atoms with Crippen molar-refractivity contribution in [2.75, 3.05) is 19.6 Å². The van der Waals surface area contributed by atoms with Gasteiger partial charge in [-0.1, -0.05) is 80.8 Å². The first-order chi connectivity index (χ1) is 26.4. The number of carbonyl (C=O) groups is 3. The molecule has 0 radical (unpaired) electrons. The summed E-state index contributed by atoms with van der Waals surface area (Å²) in [4.78, 5) is 56.1. The molecule has 0 fully saturated rings. The highest BCUT2D eigenvalue weighted by Gasteiger charge is 2.30. The number of aromatic nitrogens is 2. The Morgan fingerprint density at radius 1 is 0.927 bits per heavy atom. The van der Waals surface area contributed by atoms with E-state index in [1.54, 1.807) is 16.7 Å². The third-order valence-corrected chi connectivity index (χ3v) is 11.6. The average Bonchev–Trinajstić information content (AvgIpc) is 3.48. The number of nitro groups is 1. The first-order valence-corrected chi connectivity index (χ1v) is 20.0. The van der Waals surface area contributed by atoms with Crippen molar-refractivity contribution >= 4 is 55.8 Å². The lowest BCUT2D eigenvalue weighted by Gasteiger charge is -2.29. The molecule has 1 aromatic heterocycles. The van der Waals surface area contributed by atoms with Gasteiger partial charge in [-0.2, -0.15) is 5.10 Å². The van der Waals surface area contributed by atoms with Crippen molar-refractivity contribution < 1.29 is 27.7 Å². The Morgan fingerprint density at radius 2 is 1.60 bits per heavy atom. The molecule has 0 unspecified atom stereocenters. The summed E-state index contributed by atoms with van der Waals surface area (Å²) in [5.41, 5.74) is 2.41. The molecule has 13 nitrogen and oxygen atoms in total. The number of carbonyl (C=O) groups excluding carboxylic acids is 3. The van der Waals surface area contributed by atoms with Gasteiger partial charge in [-0.3, -0.25) is 24.5 Å². The van der Waals surface area contributed by atoms with Crippen molar-refractivity contribution in [1.29, 1.82) is 0 Å². The summed E-state index contributed by atoms with van der Waals surface area (Å²) in [6, 6.07) is 20.1. The van der Waals surface area contributed by atoms with E-state index in [-0.39, 0.29) is 54.8 Å². The van der Waals surface area contributed by atoms with Crippen LogP contribution in [0.1, 0.15) is 87.6 Å². The molecule has 0 aliphatic carbocycles. The zero-order valence-corrected chi connectivity index (χ0v) is 32.3. The molecule has 1 N–H and O–H groups in total. The quantitative estimate of drug-likeness (QED) is 0.0963. The monoisotopic (exact) mass is 784 g/mol. The second-order valence-electron chi connectivity index (χ2n) is 13.5. The van der Waals surface area contributed by atoms with Crippen LogP contribution < -0.4 is 4.72 Å². The van der Waals surface area contributed by atoms with Crippen molar-refractivity contribution in [3.63, 3.8) is 0 Å². The lowest BCUT2D eigenvalue weighted by atomic mass is 9.98. The summed E-state index contributed by atoms with van der Waals surface area (Å²) >= 11 is 6.79. The van der Waals surface area contributed by atoms with Gasteiger partial charge in [-0.05, 0) is 67.6 Å². The van der Waals surface area contributed by atoms with Crippen LogP contribution in [0.3, 0.4) is 0 Å². The number of amides is 3. The van der Waals surface area contributed by atoms with Crippen molar-refractivity contribution in [3.8, 4) is 5.69 Å². The minimum atomic E-state index is -4.56. The molecule has 0 atom stereocenters. The third kappa shape index (κ3) is 7.96. The first-order valence-electron chi connectivity index (χ1n) is 18.1. The maximum Gasteiger partial charge on any atom is 0.277 e. The van der Waals surface area contributed by atoms with Crippen LogP contribution in [0.15, 0.2) is 83.8 Å². The number of halogens is 1. The van der Waals surface area contributed by atoms with Crippen LogP contribution in [0, 0.1) is 17.0 Å². The van der Waals surface area contributed by atoms with E-state index in [9.17, 15) is 32.9 Å². The van der Waals surface area contributed by atoms with Crippen LogP contribution in [0.4, 0.5) is 5.69 Å². The molecule has 4 aromatic carbocycles. The number of nitro benzene ring substituents is 1. The zero-order chi connectivity index (χ0) is 39.4. The molecule has 0 saturated carbocycles. The van der Waals surface area contributed by atoms with Crippen LogP contribution >= 0.6 is 11.6 Å². The van der Waals surface area contributed by atoms with Crippen LogP contribution in [-0.2, 0) is 23.0 Å². The smallest absolute Gasteiger partial charge is 0.277 e. The maximum absolute atomic E-state index is 14.5. The van der Waals surface area contributed by atoms with E-state index >= 15 is 0 Å². The highest BCUT2D eigenvalue weighted by Crippen LogP contribution is 2.32. The fraction of sp³-hybridized carbons (Fsp3) is 0.300. The predicted octanol–water partition coefficient (Wildman–Crippen LogP) is 7.26. The summed E-state index contributed by atoms with van der Waals surface area (Å²) in [5, 5.41) is 16.6. The largest absolute Gasteiger partial charge is 0.337 e. The standard InChI is InChI=1S/C40H41ClN6O7S/c1-4-6-21-44(22-7-5-2)40(50)37-36(41)26(3)46(42-37)33-19-18-28(24-32(33)39(49)45-23-20-27-12-8-9-13-29(27)25-45)38(48)43-55(53,54)35-17-11-14-30-31(35)15-10-16-34(30)47(51)52/h8-19,24H,4-7,20-23,25H2,1-3H3,(H,43,48). The molecule has 0 saturated heterocycles. The molecular weight excluding hydrogens is 744 g/mol. The number of hydrogen-bond donors (Lipinski definition) is 1. The molecule has 1 aliphatic rings. The molecule has 0 bridgehead atoms. The normalized spacial score (nSPS) is 12.7. The Hall–Kier alpha value is -5.60. The highest BCUT2D eigenvalue weighted by molar-refractivity contribution is 7.90. The average molecular weight is 785 g/mol. The number of non-ortho nitro benzene ring substituents is 1. The van der Waals surface area contributed by atoms with Gasteiger partial charge in [0.15, 0.2) is 5.69 Å². The van der Waals surface area contributed by atoms with Crippen molar-refractivity contribution in [3.05, 3.63) is 128 Å². The number of hydrogen-bond acceptors (Lipinski definition) is 8. The molecule has 15 heteroatoms. The van der Waals surface area contributed by atoms with E-state index in [0.29, 0.717) is 38.3 Å². The van der Waals surface area contributed by atoms with Gasteiger partial charge >= 0.3 is 0 Å². The number of fused-ring (bicyclic) bond motifs is 2. The van der Waals surface area contributed by atoms with Crippen molar-refractivity contribution in [2.45, 2.75) is 64.3 Å². The first kappa shape index (κ1) is 39.1. The predicted molar refractivity (Wildman–Crippen MR) is 209 cm³/mol. The number of nitrogens with one attached hydrogen (secondary N) is 1. The SMILES string of the molecule is CCCCN(CCCC)C(=O)c1nn(-c2ccc(C(=O)NS(=O)(=O)c3cccc4c([N+](=O)[O-])cccc34)cc2C(=O)N2CCc3ccccc3C2)c(C)c1Cl. The lowest BCUT2D eigenvalue weighted by Crippen LogP contribution is -2.37. The van der Waals surface area contributed by atoms with E-state index in [4.69, 9.17) is 11.6 Å². The fourth-order valence-electron chi connectivity index (χ4n) is 6.78. The summed E-state index contributed by atoms with van der Waals surface area (Å²) in [6.07, 6.45) is 4.02. The molecule has 55 heavy (non-hydrogen) atoms. The van der Waals surface area contributed by atoms with Gasteiger partial charge in [0.2, 0.25) is 0 Å². The summed E-state index contributed by atoms with van der Waals surface area (Å²) in [5.74, 6) is -1.79. The van der Waals surface area contributed by atoms with Crippen LogP contribution in [0.2, 0.25) is 5.02 Å². The Balaban J connectivity index is 1.40. The van der Waals surface area contributed by atoms with Gasteiger partial charge in [0.1, 0.15) is 0 Å². The Bertz CT molecular complexity index is 2420. The van der Waals surface area contributed by atoms with Gasteiger partial charge in [0.25, 0.3) is 33.4 Å². The molecule has 286 valence electrons. The second kappa shape index (κ2) is 16.4. The van der Waals surface area contributed by atoms with Gasteiger partial charge in [0, 0.05) is 43.2 Å². The molecule has 5 aromatic rings. The number of sulfonamides is 1. The Morgan fingerprint density at radius 3 is 2.29 bits per heavy atom. The topological polar surface area (TPSA) is 165 Å². The van der Waals surface area contributed by atoms with Crippen LogP contribution in [0.5, 0.6) is 0 Å². The number of rotatable bonds is 13. The molecule has 6 rings (SSSR count). The maximum atomic E-state index is 14.5. The Kier molecular flexibility index (Phi) is 11.7. The molecular formula is C40H41ClN6O7S. The minimum Gasteiger partial charge on any atom is -0.337 e. The minimum absolute atomic E-state index is 0.0416. The van der Waals surface area contributed by atoms with Gasteiger partial charge < -0.3 is 9.80 Å². The van der Waals surface area contributed by atoms with Crippen LogP contribution in [0.25, 0.3) is 16.5 Å². The zero-order valence-electron chi connectivity index (χ0n) is 30.7. The lowest BCUT2D eigenvalue weighted by molar-refractivity contribution is -0.383. The Labute approximate surface area is 324 Å². The van der Waals surface area contributed by atoms with E-state index in [0.717, 1.165) is 36.8 Å². The molecule has 1 aliphatic heterocycles. The van der Waals surface area contributed by atoms with Crippen LogP contribution in [-0.4, -0.2) is 70.3 Å².